The van der Waals surface area contributed by atoms with Crippen LogP contribution in [0.15, 0.2) is 30.3 Å². The van der Waals surface area contributed by atoms with Crippen LogP contribution in [0, 0.1) is 13.8 Å². The van der Waals surface area contributed by atoms with Crippen LogP contribution in [-0.2, 0) is 6.18 Å². The predicted molar refractivity (Wildman–Crippen MR) is 100.0 cm³/mol. The highest BCUT2D eigenvalue weighted by atomic mass is 35.5. The van der Waals surface area contributed by atoms with Crippen LogP contribution in [0.1, 0.15) is 27.2 Å². The van der Waals surface area contributed by atoms with Gasteiger partial charge in [-0.2, -0.15) is 13.2 Å². The van der Waals surface area contributed by atoms with E-state index in [0.717, 1.165) is 23.3 Å². The third-order valence-corrected chi connectivity index (χ3v) is 4.52. The van der Waals surface area contributed by atoms with Crippen molar-refractivity contribution >= 4 is 34.2 Å². The van der Waals surface area contributed by atoms with E-state index in [-0.39, 0.29) is 17.3 Å². The highest BCUT2D eigenvalue weighted by molar-refractivity contribution is 6.31. The van der Waals surface area contributed by atoms with Crippen LogP contribution in [0.2, 0.25) is 5.02 Å². The van der Waals surface area contributed by atoms with Crippen LogP contribution in [-0.4, -0.2) is 23.0 Å². The number of aromatic nitrogens is 2. The molecule has 0 fully saturated rings. The van der Waals surface area contributed by atoms with E-state index in [1.54, 1.807) is 6.07 Å². The molecule has 0 saturated heterocycles. The fraction of sp³-hybridized carbons (Fsp3) is 0.211. The number of hydrogen-bond acceptors (Lipinski definition) is 4. The quantitative estimate of drug-likeness (QED) is 0.647. The van der Waals surface area contributed by atoms with Crippen molar-refractivity contribution in [3.8, 4) is 5.88 Å². The van der Waals surface area contributed by atoms with Crippen molar-refractivity contribution in [2.45, 2.75) is 20.0 Å². The fourth-order valence-corrected chi connectivity index (χ4v) is 2.82. The highest BCUT2D eigenvalue weighted by Gasteiger charge is 2.33. The molecule has 5 nitrogen and oxygen atoms in total. The number of anilines is 1. The summed E-state index contributed by atoms with van der Waals surface area (Å²) in [6.45, 7) is 3.81. The van der Waals surface area contributed by atoms with E-state index in [1.807, 2.05) is 19.9 Å². The van der Waals surface area contributed by atoms with Crippen molar-refractivity contribution in [2.24, 2.45) is 0 Å². The summed E-state index contributed by atoms with van der Waals surface area (Å²) >= 11 is 5.60. The molecule has 28 heavy (non-hydrogen) atoms. The molecule has 0 aliphatic rings. The molecule has 146 valence electrons. The van der Waals surface area contributed by atoms with E-state index in [4.69, 9.17) is 16.3 Å². The summed E-state index contributed by atoms with van der Waals surface area (Å²) in [5.74, 6) is -0.779. The topological polar surface area (TPSA) is 64.1 Å². The Morgan fingerprint density at radius 2 is 1.68 bits per heavy atom. The summed E-state index contributed by atoms with van der Waals surface area (Å²) in [6, 6.07) is 6.68. The number of carbonyl (C=O) groups excluding carboxylic acids is 1. The average molecular weight is 410 g/mol. The van der Waals surface area contributed by atoms with E-state index in [2.05, 4.69) is 15.3 Å². The molecule has 0 bridgehead atoms. The van der Waals surface area contributed by atoms with E-state index in [0.29, 0.717) is 11.0 Å². The molecule has 0 unspecified atom stereocenters. The molecule has 0 saturated carbocycles. The van der Waals surface area contributed by atoms with Gasteiger partial charge >= 0.3 is 6.18 Å². The van der Waals surface area contributed by atoms with Gasteiger partial charge in [-0.1, -0.05) is 11.6 Å². The first-order chi connectivity index (χ1) is 13.1. The lowest BCUT2D eigenvalue weighted by atomic mass is 10.1. The van der Waals surface area contributed by atoms with Gasteiger partial charge < -0.3 is 10.1 Å². The van der Waals surface area contributed by atoms with Gasteiger partial charge in [0.05, 0.1) is 28.7 Å². The Balaban J connectivity index is 2.01. The Labute approximate surface area is 163 Å². The van der Waals surface area contributed by atoms with Gasteiger partial charge in [-0.3, -0.25) is 4.79 Å². The number of ether oxygens (including phenoxy) is 1. The Bertz CT molecular complexity index is 1080. The fourth-order valence-electron chi connectivity index (χ4n) is 2.60. The minimum absolute atomic E-state index is 0.0294. The SMILES string of the molecule is COc1nc2cc(C)c(C)cc2nc1C(=O)Nc1ccc(Cl)c(C(F)(F)F)c1. The summed E-state index contributed by atoms with van der Waals surface area (Å²) in [5, 5.41) is 1.92. The molecule has 1 heterocycles. The number of fused-ring (bicyclic) bond motifs is 1. The van der Waals surface area contributed by atoms with Gasteiger partial charge in [0.25, 0.3) is 5.91 Å². The number of amides is 1. The van der Waals surface area contributed by atoms with Crippen LogP contribution in [0.25, 0.3) is 11.0 Å². The predicted octanol–water partition coefficient (Wildman–Crippen LogP) is 5.18. The number of rotatable bonds is 3. The summed E-state index contributed by atoms with van der Waals surface area (Å²) in [4.78, 5) is 21.2. The van der Waals surface area contributed by atoms with Crippen molar-refractivity contribution in [1.29, 1.82) is 0 Å². The number of benzene rings is 2. The molecule has 9 heteroatoms. The number of methoxy groups -OCH3 is 1. The van der Waals surface area contributed by atoms with E-state index in [1.165, 1.54) is 13.2 Å². The molecule has 0 spiro atoms. The van der Waals surface area contributed by atoms with E-state index < -0.39 is 22.7 Å². The molecular weight excluding hydrogens is 395 g/mol. The van der Waals surface area contributed by atoms with Crippen LogP contribution in [0.4, 0.5) is 18.9 Å². The van der Waals surface area contributed by atoms with Gasteiger partial charge in [-0.15, -0.1) is 0 Å². The Morgan fingerprint density at radius 1 is 1.07 bits per heavy atom. The normalized spacial score (nSPS) is 11.5. The third-order valence-electron chi connectivity index (χ3n) is 4.19. The molecule has 3 rings (SSSR count). The van der Waals surface area contributed by atoms with Crippen LogP contribution < -0.4 is 10.1 Å². The van der Waals surface area contributed by atoms with Gasteiger partial charge in [0.2, 0.25) is 5.88 Å². The smallest absolute Gasteiger partial charge is 0.417 e. The molecular formula is C19H15ClF3N3O2. The lowest BCUT2D eigenvalue weighted by Crippen LogP contribution is -2.17. The average Bonchev–Trinajstić information content (AvgIpc) is 2.62. The molecule has 0 aliphatic heterocycles. The van der Waals surface area contributed by atoms with E-state index >= 15 is 0 Å². The second-order valence-corrected chi connectivity index (χ2v) is 6.56. The zero-order valence-corrected chi connectivity index (χ0v) is 15.9. The van der Waals surface area contributed by atoms with Gasteiger partial charge in [0.1, 0.15) is 0 Å². The Morgan fingerprint density at radius 3 is 2.25 bits per heavy atom. The summed E-state index contributed by atoms with van der Waals surface area (Å²) in [7, 11) is 1.33. The van der Waals surface area contributed by atoms with Crippen molar-refractivity contribution in [3.63, 3.8) is 0 Å². The second-order valence-electron chi connectivity index (χ2n) is 6.15. The summed E-state index contributed by atoms with van der Waals surface area (Å²) in [6.07, 6.45) is -4.65. The summed E-state index contributed by atoms with van der Waals surface area (Å²) in [5.41, 5.74) is 1.72. The maximum atomic E-state index is 13.0. The molecule has 1 N–H and O–H groups in total. The Kier molecular flexibility index (Phi) is 5.16. The Hall–Kier alpha value is -2.87. The summed E-state index contributed by atoms with van der Waals surface area (Å²) < 4.78 is 44.2. The number of halogens is 4. The highest BCUT2D eigenvalue weighted by Crippen LogP contribution is 2.36. The number of alkyl halides is 3. The van der Waals surface area contributed by atoms with Crippen LogP contribution >= 0.6 is 11.6 Å². The minimum Gasteiger partial charge on any atom is -0.479 e. The first-order valence-corrected chi connectivity index (χ1v) is 8.49. The van der Waals surface area contributed by atoms with Gasteiger partial charge in [0, 0.05) is 5.69 Å². The van der Waals surface area contributed by atoms with Crippen molar-refractivity contribution < 1.29 is 22.7 Å². The standard InChI is InChI=1S/C19H15ClF3N3O2/c1-9-6-14-15(7-10(9)2)26-18(28-3)16(25-14)17(27)24-11-4-5-13(20)12(8-11)19(21,22)23/h4-8H,1-3H3,(H,24,27). The van der Waals surface area contributed by atoms with E-state index in [9.17, 15) is 18.0 Å². The van der Waals surface area contributed by atoms with Crippen LogP contribution in [0.5, 0.6) is 5.88 Å². The maximum absolute atomic E-state index is 13.0. The molecule has 3 aromatic rings. The first kappa shape index (κ1) is 19.9. The monoisotopic (exact) mass is 409 g/mol. The lowest BCUT2D eigenvalue weighted by molar-refractivity contribution is -0.137. The van der Waals surface area contributed by atoms with Crippen LogP contribution in [0.3, 0.4) is 0 Å². The van der Waals surface area contributed by atoms with Gasteiger partial charge in [-0.25, -0.2) is 9.97 Å². The zero-order chi connectivity index (χ0) is 20.6. The molecule has 0 aliphatic carbocycles. The molecule has 0 radical (unpaired) electrons. The van der Waals surface area contributed by atoms with Crippen molar-refractivity contribution in [3.05, 3.63) is 57.7 Å². The molecule has 1 aromatic heterocycles. The van der Waals surface area contributed by atoms with Crippen molar-refractivity contribution in [1.82, 2.24) is 9.97 Å². The molecule has 2 aromatic carbocycles. The third kappa shape index (κ3) is 3.87. The zero-order valence-electron chi connectivity index (χ0n) is 15.1. The molecule has 0 atom stereocenters. The first-order valence-electron chi connectivity index (χ1n) is 8.11. The molecule has 1 amide bonds. The lowest BCUT2D eigenvalue weighted by Gasteiger charge is -2.13. The maximum Gasteiger partial charge on any atom is 0.417 e. The number of nitrogens with zero attached hydrogens (tertiary/aromatic N) is 2. The largest absolute Gasteiger partial charge is 0.479 e. The van der Waals surface area contributed by atoms with Gasteiger partial charge in [0.15, 0.2) is 5.69 Å². The van der Waals surface area contributed by atoms with Gasteiger partial charge in [-0.05, 0) is 55.3 Å². The second kappa shape index (κ2) is 7.27. The van der Waals surface area contributed by atoms with Crippen molar-refractivity contribution in [2.75, 3.05) is 12.4 Å². The minimum atomic E-state index is -4.65. The number of nitrogens with one attached hydrogen (secondary N) is 1. The number of hydrogen-bond donors (Lipinski definition) is 1. The number of aryl methyl sites for hydroxylation is 2. The number of carbonyl (C=O) groups is 1.